The highest BCUT2D eigenvalue weighted by Crippen LogP contribution is 2.58. The zero-order valence-corrected chi connectivity index (χ0v) is 35.8. The monoisotopic (exact) mass is 816 g/mol. The molecule has 0 bridgehead atoms. The van der Waals surface area contributed by atoms with Crippen LogP contribution in [-0.4, -0.2) is 4.57 Å². The Morgan fingerprint density at radius 2 is 0.875 bits per heavy atom. The molecule has 1 heterocycles. The van der Waals surface area contributed by atoms with E-state index in [0.717, 1.165) is 17.1 Å². The molecule has 0 saturated carbocycles. The zero-order valence-electron chi connectivity index (χ0n) is 35.8. The lowest BCUT2D eigenvalue weighted by atomic mass is 9.68. The topological polar surface area (TPSA) is 8.17 Å². The lowest BCUT2D eigenvalue weighted by Crippen LogP contribution is -2.28. The van der Waals surface area contributed by atoms with E-state index in [1.54, 1.807) is 0 Å². The number of anilines is 3. The number of rotatable bonds is 6. The highest BCUT2D eigenvalue weighted by Gasteiger charge is 2.46. The molecule has 302 valence electrons. The first-order valence-corrected chi connectivity index (χ1v) is 22.4. The molecule has 2 aliphatic carbocycles. The van der Waals surface area contributed by atoms with Gasteiger partial charge in [0, 0.05) is 38.6 Å². The van der Waals surface area contributed by atoms with Crippen LogP contribution in [0.4, 0.5) is 17.1 Å². The molecule has 10 aromatic carbocycles. The Kier molecular flexibility index (Phi) is 7.90. The standard InChI is InChI=1S/C62H44N2/c1-61(2)56-39-45(32-35-49(56)50-36-33-46(40-57(50)61)64-59-29-15-12-26-51(59)52-27-13-16-30-60(52)64)63(58-31-17-19-41-18-9-10-24-47(41)58)44-34-37-55-53(38-44)48-25-11-14-28-54(48)62(55,42-20-5-3-6-21-42)43-22-7-4-8-23-43/h3-40H,1-2H3. The summed E-state index contributed by atoms with van der Waals surface area (Å²) < 4.78 is 2.44. The van der Waals surface area contributed by atoms with Gasteiger partial charge in [-0.15, -0.1) is 0 Å². The normalized spacial score (nSPS) is 14.0. The van der Waals surface area contributed by atoms with Crippen LogP contribution in [0, 0.1) is 0 Å². The maximum atomic E-state index is 2.50. The summed E-state index contributed by atoms with van der Waals surface area (Å²) in [7, 11) is 0. The summed E-state index contributed by atoms with van der Waals surface area (Å²) in [6.45, 7) is 4.80. The molecule has 0 fully saturated rings. The fourth-order valence-corrected chi connectivity index (χ4v) is 11.6. The van der Waals surface area contributed by atoms with Crippen molar-refractivity contribution in [1.29, 1.82) is 0 Å². The molecule has 11 aromatic rings. The SMILES string of the molecule is CC1(C)c2cc(N(c3ccc4c(c3)-c3ccccc3C4(c3ccccc3)c3ccccc3)c3cccc4ccccc34)ccc2-c2ccc(-n3c4ccccc4c4ccccc43)cc21. The fraction of sp³-hybridized carbons (Fsp3) is 0.0645. The highest BCUT2D eigenvalue weighted by molar-refractivity contribution is 6.09. The second-order valence-electron chi connectivity index (χ2n) is 18.0. The van der Waals surface area contributed by atoms with Crippen molar-refractivity contribution in [3.63, 3.8) is 0 Å². The van der Waals surface area contributed by atoms with Crippen LogP contribution in [0.15, 0.2) is 231 Å². The summed E-state index contributed by atoms with van der Waals surface area (Å²) in [5.41, 5.74) is 19.3. The van der Waals surface area contributed by atoms with Gasteiger partial charge in [0.1, 0.15) is 0 Å². The molecule has 0 amide bonds. The van der Waals surface area contributed by atoms with E-state index in [9.17, 15) is 0 Å². The van der Waals surface area contributed by atoms with Crippen LogP contribution < -0.4 is 4.90 Å². The van der Waals surface area contributed by atoms with E-state index in [2.05, 4.69) is 254 Å². The first-order valence-electron chi connectivity index (χ1n) is 22.4. The van der Waals surface area contributed by atoms with Crippen LogP contribution in [0.1, 0.15) is 47.2 Å². The average Bonchev–Trinajstić information content (AvgIpc) is 3.93. The summed E-state index contributed by atoms with van der Waals surface area (Å²) in [4.78, 5) is 2.50. The molecule has 2 aliphatic rings. The smallest absolute Gasteiger partial charge is 0.0713 e. The second kappa shape index (κ2) is 13.8. The Balaban J connectivity index is 1.00. The van der Waals surface area contributed by atoms with E-state index >= 15 is 0 Å². The van der Waals surface area contributed by atoms with Gasteiger partial charge in [0.25, 0.3) is 0 Å². The van der Waals surface area contributed by atoms with E-state index in [4.69, 9.17) is 0 Å². The predicted molar refractivity (Wildman–Crippen MR) is 268 cm³/mol. The van der Waals surface area contributed by atoms with E-state index in [0.29, 0.717) is 0 Å². The van der Waals surface area contributed by atoms with Crippen LogP contribution in [0.3, 0.4) is 0 Å². The largest absolute Gasteiger partial charge is 0.310 e. The molecule has 2 nitrogen and oxygen atoms in total. The number of nitrogens with zero attached hydrogens (tertiary/aromatic N) is 2. The van der Waals surface area contributed by atoms with Crippen molar-refractivity contribution in [2.45, 2.75) is 24.7 Å². The van der Waals surface area contributed by atoms with Gasteiger partial charge in [0.15, 0.2) is 0 Å². The molecule has 64 heavy (non-hydrogen) atoms. The predicted octanol–water partition coefficient (Wildman–Crippen LogP) is 16.1. The second-order valence-corrected chi connectivity index (χ2v) is 18.0. The Morgan fingerprint density at radius 1 is 0.359 bits per heavy atom. The van der Waals surface area contributed by atoms with Crippen molar-refractivity contribution in [3.05, 3.63) is 264 Å². The van der Waals surface area contributed by atoms with Crippen molar-refractivity contribution in [3.8, 4) is 27.9 Å². The Morgan fingerprint density at radius 3 is 1.59 bits per heavy atom. The van der Waals surface area contributed by atoms with Crippen LogP contribution >= 0.6 is 0 Å². The van der Waals surface area contributed by atoms with E-state index in [-0.39, 0.29) is 5.41 Å². The molecule has 0 saturated heterocycles. The van der Waals surface area contributed by atoms with Gasteiger partial charge in [-0.2, -0.15) is 0 Å². The molecule has 0 aliphatic heterocycles. The maximum absolute atomic E-state index is 2.50. The molecular formula is C62H44N2. The van der Waals surface area contributed by atoms with Gasteiger partial charge >= 0.3 is 0 Å². The lowest BCUT2D eigenvalue weighted by molar-refractivity contribution is 0.660. The summed E-state index contributed by atoms with van der Waals surface area (Å²) >= 11 is 0. The van der Waals surface area contributed by atoms with Gasteiger partial charge in [-0.3, -0.25) is 0 Å². The quantitative estimate of drug-likeness (QED) is 0.162. The first-order chi connectivity index (χ1) is 31.5. The number of benzene rings is 10. The first kappa shape index (κ1) is 36.7. The van der Waals surface area contributed by atoms with Crippen molar-refractivity contribution < 1.29 is 0 Å². The summed E-state index contributed by atoms with van der Waals surface area (Å²) in [6, 6.07) is 85.8. The molecule has 0 radical (unpaired) electrons. The van der Waals surface area contributed by atoms with Crippen molar-refractivity contribution in [2.75, 3.05) is 4.90 Å². The van der Waals surface area contributed by atoms with Gasteiger partial charge < -0.3 is 9.47 Å². The summed E-state index contributed by atoms with van der Waals surface area (Å²) in [5, 5.41) is 4.99. The minimum Gasteiger partial charge on any atom is -0.310 e. The number of hydrogen-bond donors (Lipinski definition) is 0. The molecular weight excluding hydrogens is 773 g/mol. The van der Waals surface area contributed by atoms with Gasteiger partial charge in [-0.05, 0) is 116 Å². The van der Waals surface area contributed by atoms with Gasteiger partial charge in [-0.1, -0.05) is 190 Å². The van der Waals surface area contributed by atoms with E-state index in [1.165, 1.54) is 93.9 Å². The third kappa shape index (κ3) is 5.08. The molecule has 1 aromatic heterocycles. The molecule has 0 spiro atoms. The summed E-state index contributed by atoms with van der Waals surface area (Å²) in [5.74, 6) is 0. The zero-order chi connectivity index (χ0) is 42.6. The van der Waals surface area contributed by atoms with Gasteiger partial charge in [0.2, 0.25) is 0 Å². The molecule has 0 N–H and O–H groups in total. The van der Waals surface area contributed by atoms with Crippen LogP contribution in [0.25, 0.3) is 60.5 Å². The third-order valence-corrected chi connectivity index (χ3v) is 14.4. The molecule has 0 atom stereocenters. The minimum atomic E-state index is -0.460. The van der Waals surface area contributed by atoms with Crippen molar-refractivity contribution in [2.24, 2.45) is 0 Å². The lowest BCUT2D eigenvalue weighted by Gasteiger charge is -2.34. The van der Waals surface area contributed by atoms with E-state index in [1.807, 2.05) is 0 Å². The summed E-state index contributed by atoms with van der Waals surface area (Å²) in [6.07, 6.45) is 0. The molecule has 2 heteroatoms. The number of para-hydroxylation sites is 2. The van der Waals surface area contributed by atoms with Gasteiger partial charge in [-0.25, -0.2) is 0 Å². The number of aromatic nitrogens is 1. The van der Waals surface area contributed by atoms with Gasteiger partial charge in [0.05, 0.1) is 22.1 Å². The maximum Gasteiger partial charge on any atom is 0.0713 e. The van der Waals surface area contributed by atoms with Crippen LogP contribution in [0.2, 0.25) is 0 Å². The minimum absolute atomic E-state index is 0.248. The number of hydrogen-bond acceptors (Lipinski definition) is 1. The Bertz CT molecular complexity index is 3550. The van der Waals surface area contributed by atoms with Crippen molar-refractivity contribution in [1.82, 2.24) is 4.57 Å². The van der Waals surface area contributed by atoms with Crippen LogP contribution in [-0.2, 0) is 10.8 Å². The average molecular weight is 817 g/mol. The Hall–Kier alpha value is -7.94. The highest BCUT2D eigenvalue weighted by atomic mass is 15.1. The van der Waals surface area contributed by atoms with Crippen LogP contribution in [0.5, 0.6) is 0 Å². The Labute approximate surface area is 374 Å². The molecule has 0 unspecified atom stereocenters. The van der Waals surface area contributed by atoms with E-state index < -0.39 is 5.41 Å². The number of fused-ring (bicyclic) bond motifs is 10. The third-order valence-electron chi connectivity index (χ3n) is 14.4. The van der Waals surface area contributed by atoms with Crippen molar-refractivity contribution >= 4 is 49.6 Å². The fourth-order valence-electron chi connectivity index (χ4n) is 11.6. The molecule has 13 rings (SSSR count).